The number of nitrogens with zero attached hydrogens (tertiary/aromatic N) is 2. The van der Waals surface area contributed by atoms with Crippen LogP contribution in [0.2, 0.25) is 0 Å². The predicted molar refractivity (Wildman–Crippen MR) is 115 cm³/mol. The van der Waals surface area contributed by atoms with Gasteiger partial charge in [0, 0.05) is 19.7 Å². The van der Waals surface area contributed by atoms with E-state index in [4.69, 9.17) is 9.47 Å². The van der Waals surface area contributed by atoms with Crippen LogP contribution in [-0.2, 0) is 4.79 Å². The molecular formula is C24H26N2O4. The van der Waals surface area contributed by atoms with Crippen LogP contribution in [0.3, 0.4) is 0 Å². The number of likely N-dealkylation sites (N-methyl/N-ethyl adjacent to an activating group) is 1. The molecule has 0 saturated heterocycles. The van der Waals surface area contributed by atoms with Crippen molar-refractivity contribution in [1.29, 1.82) is 5.26 Å². The monoisotopic (exact) mass is 406 g/mol. The van der Waals surface area contributed by atoms with Crippen LogP contribution in [0.4, 0.5) is 0 Å². The van der Waals surface area contributed by atoms with E-state index in [0.29, 0.717) is 29.2 Å². The third-order valence-corrected chi connectivity index (χ3v) is 4.43. The first-order chi connectivity index (χ1) is 14.3. The highest BCUT2D eigenvalue weighted by molar-refractivity contribution is 6.14. The molecule has 1 amide bonds. The molecule has 156 valence electrons. The Labute approximate surface area is 177 Å². The van der Waals surface area contributed by atoms with Gasteiger partial charge in [-0.25, -0.2) is 0 Å². The minimum absolute atomic E-state index is 0.0246. The Morgan fingerprint density at radius 3 is 2.47 bits per heavy atom. The van der Waals surface area contributed by atoms with Crippen molar-refractivity contribution < 1.29 is 19.1 Å². The minimum Gasteiger partial charge on any atom is -0.490 e. The lowest BCUT2D eigenvalue weighted by atomic mass is 9.98. The number of benzene rings is 2. The molecule has 30 heavy (non-hydrogen) atoms. The summed E-state index contributed by atoms with van der Waals surface area (Å²) < 4.78 is 11.4. The molecule has 1 atom stereocenters. The second-order valence-electron chi connectivity index (χ2n) is 6.95. The number of aryl methyl sites for hydroxylation is 1. The summed E-state index contributed by atoms with van der Waals surface area (Å²) in [6, 6.07) is 14.2. The number of allylic oxidation sites excluding steroid dienone is 1. The van der Waals surface area contributed by atoms with Crippen LogP contribution in [0.1, 0.15) is 35.3 Å². The first kappa shape index (κ1) is 22.7. The zero-order valence-corrected chi connectivity index (χ0v) is 17.9. The van der Waals surface area contributed by atoms with E-state index in [0.717, 1.165) is 5.56 Å². The van der Waals surface area contributed by atoms with E-state index >= 15 is 0 Å². The Hall–Kier alpha value is -3.59. The first-order valence-corrected chi connectivity index (χ1v) is 9.65. The van der Waals surface area contributed by atoms with Gasteiger partial charge in [-0.05, 0) is 50.1 Å². The topological polar surface area (TPSA) is 79.6 Å². The fourth-order valence-electron chi connectivity index (χ4n) is 2.87. The summed E-state index contributed by atoms with van der Waals surface area (Å²) in [6.07, 6.45) is 0.841. The van der Waals surface area contributed by atoms with Crippen LogP contribution in [-0.4, -0.2) is 43.4 Å². The zero-order chi connectivity index (χ0) is 22.3. The van der Waals surface area contributed by atoms with E-state index in [1.807, 2.05) is 32.0 Å². The number of amides is 1. The van der Waals surface area contributed by atoms with E-state index in [2.05, 4.69) is 0 Å². The summed E-state index contributed by atoms with van der Waals surface area (Å²) in [5, 5.41) is 9.53. The van der Waals surface area contributed by atoms with Crippen molar-refractivity contribution >= 4 is 17.8 Å². The highest BCUT2D eigenvalue weighted by atomic mass is 16.5. The number of nitriles is 1. The molecule has 0 spiro atoms. The van der Waals surface area contributed by atoms with Gasteiger partial charge in [-0.15, -0.1) is 0 Å². The molecule has 0 unspecified atom stereocenters. The van der Waals surface area contributed by atoms with Gasteiger partial charge < -0.3 is 14.4 Å². The highest BCUT2D eigenvalue weighted by Crippen LogP contribution is 2.30. The normalized spacial score (nSPS) is 11.9. The predicted octanol–water partition coefficient (Wildman–Crippen LogP) is 4.04. The standard InChI is InChI=1S/C24H26N2O4/c1-6-29-22-14-18(11-12-21(22)30-17(3)24(28)26(4)5)13-19(15-25)23(27)20-10-8-7-9-16(20)2/h7-14,17H,6H2,1-5H3/b19-13+/t17-/m1/s1. The maximum absolute atomic E-state index is 12.8. The maximum atomic E-state index is 12.8. The number of carbonyl (C=O) groups excluding carboxylic acids is 2. The van der Waals surface area contributed by atoms with Crippen molar-refractivity contribution in [2.75, 3.05) is 20.7 Å². The molecule has 2 aromatic carbocycles. The molecule has 0 heterocycles. The number of hydrogen-bond acceptors (Lipinski definition) is 5. The van der Waals surface area contributed by atoms with E-state index in [1.165, 1.54) is 11.0 Å². The van der Waals surface area contributed by atoms with Crippen LogP contribution in [0.25, 0.3) is 6.08 Å². The van der Waals surface area contributed by atoms with Crippen molar-refractivity contribution in [1.82, 2.24) is 4.90 Å². The van der Waals surface area contributed by atoms with Crippen molar-refractivity contribution in [2.45, 2.75) is 26.9 Å². The summed E-state index contributed by atoms with van der Waals surface area (Å²) in [6.45, 7) is 5.73. The van der Waals surface area contributed by atoms with Crippen molar-refractivity contribution in [3.05, 3.63) is 64.7 Å². The Bertz CT molecular complexity index is 1000. The number of hydrogen-bond donors (Lipinski definition) is 0. The second kappa shape index (κ2) is 10.3. The Balaban J connectivity index is 2.36. The van der Waals surface area contributed by atoms with Gasteiger partial charge in [-0.2, -0.15) is 5.26 Å². The van der Waals surface area contributed by atoms with Gasteiger partial charge in [-0.3, -0.25) is 9.59 Å². The average Bonchev–Trinajstić information content (AvgIpc) is 2.73. The molecule has 0 bridgehead atoms. The maximum Gasteiger partial charge on any atom is 0.262 e. The highest BCUT2D eigenvalue weighted by Gasteiger charge is 2.19. The summed E-state index contributed by atoms with van der Waals surface area (Å²) in [5.41, 5.74) is 1.95. The van der Waals surface area contributed by atoms with Crippen molar-refractivity contribution in [3.63, 3.8) is 0 Å². The van der Waals surface area contributed by atoms with Gasteiger partial charge in [0.25, 0.3) is 5.91 Å². The summed E-state index contributed by atoms with van der Waals surface area (Å²) >= 11 is 0. The van der Waals surface area contributed by atoms with Gasteiger partial charge in [0.15, 0.2) is 17.6 Å². The molecule has 0 saturated carbocycles. The number of rotatable bonds is 8. The largest absolute Gasteiger partial charge is 0.490 e. The second-order valence-corrected chi connectivity index (χ2v) is 6.95. The van der Waals surface area contributed by atoms with Crippen LogP contribution in [0.15, 0.2) is 48.0 Å². The van der Waals surface area contributed by atoms with E-state index in [9.17, 15) is 14.9 Å². The number of ether oxygens (including phenoxy) is 2. The smallest absolute Gasteiger partial charge is 0.262 e. The summed E-state index contributed by atoms with van der Waals surface area (Å²) in [4.78, 5) is 26.3. The summed E-state index contributed by atoms with van der Waals surface area (Å²) in [5.74, 6) is 0.349. The molecule has 0 aliphatic rings. The lowest BCUT2D eigenvalue weighted by Crippen LogP contribution is -2.35. The third-order valence-electron chi connectivity index (χ3n) is 4.43. The van der Waals surface area contributed by atoms with Crippen LogP contribution < -0.4 is 9.47 Å². The SMILES string of the molecule is CCOc1cc(/C=C(\C#N)C(=O)c2ccccc2C)ccc1O[C@H](C)C(=O)N(C)C. The lowest BCUT2D eigenvalue weighted by Gasteiger charge is -2.20. The fraction of sp³-hybridized carbons (Fsp3) is 0.292. The quantitative estimate of drug-likeness (QED) is 0.376. The van der Waals surface area contributed by atoms with E-state index < -0.39 is 6.10 Å². The Morgan fingerprint density at radius 1 is 1.17 bits per heavy atom. The van der Waals surface area contributed by atoms with Crippen LogP contribution in [0, 0.1) is 18.3 Å². The van der Waals surface area contributed by atoms with Gasteiger partial charge in [0.2, 0.25) is 5.78 Å². The van der Waals surface area contributed by atoms with Gasteiger partial charge in [-0.1, -0.05) is 30.3 Å². The molecule has 2 rings (SSSR count). The average molecular weight is 406 g/mol. The minimum atomic E-state index is -0.682. The molecule has 0 fully saturated rings. The lowest BCUT2D eigenvalue weighted by molar-refractivity contribution is -0.135. The van der Waals surface area contributed by atoms with Crippen LogP contribution >= 0.6 is 0 Å². The number of Topliss-reactive ketones (excluding diaryl/α,β-unsaturated/α-hetero) is 1. The van der Waals surface area contributed by atoms with Gasteiger partial charge in [0.1, 0.15) is 11.6 Å². The van der Waals surface area contributed by atoms with E-state index in [1.54, 1.807) is 51.4 Å². The first-order valence-electron chi connectivity index (χ1n) is 9.65. The van der Waals surface area contributed by atoms with Gasteiger partial charge >= 0.3 is 0 Å². The number of ketones is 1. The molecule has 0 N–H and O–H groups in total. The molecule has 0 aliphatic carbocycles. The molecule has 2 aromatic rings. The molecule has 0 aromatic heterocycles. The molecular weight excluding hydrogens is 380 g/mol. The van der Waals surface area contributed by atoms with Crippen LogP contribution in [0.5, 0.6) is 11.5 Å². The molecule has 0 radical (unpaired) electrons. The fourth-order valence-corrected chi connectivity index (χ4v) is 2.87. The summed E-state index contributed by atoms with van der Waals surface area (Å²) in [7, 11) is 3.32. The zero-order valence-electron chi connectivity index (χ0n) is 17.9. The Kier molecular flexibility index (Phi) is 7.76. The molecule has 6 heteroatoms. The molecule has 0 aliphatic heterocycles. The van der Waals surface area contributed by atoms with Crippen molar-refractivity contribution in [3.8, 4) is 17.6 Å². The van der Waals surface area contributed by atoms with Gasteiger partial charge in [0.05, 0.1) is 6.61 Å². The Morgan fingerprint density at radius 2 is 1.87 bits per heavy atom. The van der Waals surface area contributed by atoms with E-state index in [-0.39, 0.29) is 17.3 Å². The molecule has 6 nitrogen and oxygen atoms in total. The third kappa shape index (κ3) is 5.48. The van der Waals surface area contributed by atoms with Crippen molar-refractivity contribution in [2.24, 2.45) is 0 Å². The number of carbonyl (C=O) groups is 2.